The summed E-state index contributed by atoms with van der Waals surface area (Å²) in [7, 11) is 3.94. The van der Waals surface area contributed by atoms with Crippen LogP contribution in [0.2, 0.25) is 0 Å². The van der Waals surface area contributed by atoms with Gasteiger partial charge in [0.1, 0.15) is 0 Å². The number of rotatable bonds is 5. The number of likely N-dealkylation sites (tertiary alicyclic amines) is 1. The molecular weight excluding hydrogens is 234 g/mol. The van der Waals surface area contributed by atoms with Gasteiger partial charge in [0.25, 0.3) is 0 Å². The highest BCUT2D eigenvalue weighted by Crippen LogP contribution is 2.18. The largest absolute Gasteiger partial charge is 0.481 e. The lowest BCUT2D eigenvalue weighted by atomic mass is 10.0. The van der Waals surface area contributed by atoms with Crippen molar-refractivity contribution in [2.75, 3.05) is 40.3 Å². The maximum Gasteiger partial charge on any atom is 0.320 e. The van der Waals surface area contributed by atoms with Gasteiger partial charge < -0.3 is 19.8 Å². The van der Waals surface area contributed by atoms with E-state index in [4.69, 9.17) is 5.11 Å². The van der Waals surface area contributed by atoms with E-state index in [1.54, 1.807) is 9.80 Å². The van der Waals surface area contributed by atoms with Crippen LogP contribution in [0.4, 0.5) is 4.79 Å². The van der Waals surface area contributed by atoms with Gasteiger partial charge in [-0.25, -0.2) is 4.79 Å². The van der Waals surface area contributed by atoms with Crippen molar-refractivity contribution in [1.29, 1.82) is 0 Å². The van der Waals surface area contributed by atoms with Crippen LogP contribution in [0.15, 0.2) is 0 Å². The molecule has 6 nitrogen and oxygen atoms in total. The molecule has 1 heterocycles. The molecular formula is C12H23N3O3. The Morgan fingerprint density at radius 3 is 2.33 bits per heavy atom. The average Bonchev–Trinajstić information content (AvgIpc) is 2.13. The monoisotopic (exact) mass is 257 g/mol. The van der Waals surface area contributed by atoms with Crippen molar-refractivity contribution in [2.45, 2.75) is 19.9 Å². The van der Waals surface area contributed by atoms with Crippen molar-refractivity contribution in [1.82, 2.24) is 14.7 Å². The van der Waals surface area contributed by atoms with E-state index in [2.05, 4.69) is 0 Å². The zero-order valence-electron chi connectivity index (χ0n) is 11.6. The fraction of sp³-hybridized carbons (Fsp3) is 0.833. The number of carboxylic acids is 1. The third-order valence-electron chi connectivity index (χ3n) is 3.25. The van der Waals surface area contributed by atoms with Crippen LogP contribution in [-0.4, -0.2) is 78.1 Å². The lowest BCUT2D eigenvalue weighted by molar-refractivity contribution is -0.146. The molecule has 104 valence electrons. The molecule has 2 amide bonds. The molecule has 18 heavy (non-hydrogen) atoms. The van der Waals surface area contributed by atoms with E-state index < -0.39 is 11.9 Å². The summed E-state index contributed by atoms with van der Waals surface area (Å²) in [5.41, 5.74) is 0. The quantitative estimate of drug-likeness (QED) is 0.774. The van der Waals surface area contributed by atoms with Crippen molar-refractivity contribution in [3.8, 4) is 0 Å². The van der Waals surface area contributed by atoms with Gasteiger partial charge in [0.15, 0.2) is 0 Å². The number of hydrogen-bond acceptors (Lipinski definition) is 3. The maximum absolute atomic E-state index is 12.2. The molecule has 1 saturated heterocycles. The van der Waals surface area contributed by atoms with E-state index in [9.17, 15) is 9.59 Å². The molecule has 0 radical (unpaired) electrons. The molecule has 1 aliphatic heterocycles. The minimum Gasteiger partial charge on any atom is -0.481 e. The molecule has 0 bridgehead atoms. The zero-order valence-corrected chi connectivity index (χ0v) is 11.6. The van der Waals surface area contributed by atoms with E-state index in [1.165, 1.54) is 0 Å². The normalized spacial score (nSPS) is 17.5. The van der Waals surface area contributed by atoms with Gasteiger partial charge in [-0.2, -0.15) is 0 Å². The first-order chi connectivity index (χ1) is 8.36. The van der Waals surface area contributed by atoms with E-state index in [0.29, 0.717) is 19.6 Å². The van der Waals surface area contributed by atoms with Gasteiger partial charge in [0.2, 0.25) is 0 Å². The summed E-state index contributed by atoms with van der Waals surface area (Å²) in [4.78, 5) is 28.3. The van der Waals surface area contributed by atoms with Crippen molar-refractivity contribution < 1.29 is 14.7 Å². The van der Waals surface area contributed by atoms with Gasteiger partial charge in [0.05, 0.1) is 5.92 Å². The second kappa shape index (κ2) is 6.04. The number of nitrogens with zero attached hydrogens (tertiary/aromatic N) is 3. The molecule has 1 fully saturated rings. The Kier molecular flexibility index (Phi) is 4.95. The molecule has 1 unspecified atom stereocenters. The fourth-order valence-electron chi connectivity index (χ4n) is 2.24. The molecule has 0 aromatic rings. The van der Waals surface area contributed by atoms with Crippen LogP contribution in [0.25, 0.3) is 0 Å². The van der Waals surface area contributed by atoms with Crippen LogP contribution in [0.1, 0.15) is 13.8 Å². The topological polar surface area (TPSA) is 64.1 Å². The highest BCUT2D eigenvalue weighted by Gasteiger charge is 2.38. The standard InChI is InChI=1S/C12H23N3O3/c1-5-15(9(2)6-13(3)4)12(18)14-7-10(8-14)11(16)17/h9-10H,5-8H2,1-4H3,(H,16,17). The highest BCUT2D eigenvalue weighted by molar-refractivity contribution is 5.80. The fourth-order valence-corrected chi connectivity index (χ4v) is 2.24. The number of urea groups is 1. The molecule has 1 aliphatic rings. The van der Waals surface area contributed by atoms with E-state index in [-0.39, 0.29) is 12.1 Å². The number of likely N-dealkylation sites (N-methyl/N-ethyl adjacent to an activating group) is 2. The summed E-state index contributed by atoms with van der Waals surface area (Å²) in [6.07, 6.45) is 0. The minimum absolute atomic E-state index is 0.0515. The molecule has 0 aliphatic carbocycles. The van der Waals surface area contributed by atoms with Crippen molar-refractivity contribution >= 4 is 12.0 Å². The van der Waals surface area contributed by atoms with Gasteiger partial charge in [-0.15, -0.1) is 0 Å². The van der Waals surface area contributed by atoms with E-state index in [0.717, 1.165) is 6.54 Å². The molecule has 1 rings (SSSR count). The first kappa shape index (κ1) is 14.8. The first-order valence-electron chi connectivity index (χ1n) is 6.29. The number of carbonyl (C=O) groups excluding carboxylic acids is 1. The predicted octanol–water partition coefficient (Wildman–Crippen LogP) is 0.395. The molecule has 0 aromatic carbocycles. The molecule has 6 heteroatoms. The molecule has 0 saturated carbocycles. The summed E-state index contributed by atoms with van der Waals surface area (Å²) in [6, 6.07) is 0.0747. The van der Waals surface area contributed by atoms with Crippen LogP contribution in [0.3, 0.4) is 0 Å². The second-order valence-electron chi connectivity index (χ2n) is 5.12. The summed E-state index contributed by atoms with van der Waals surface area (Å²) in [6.45, 7) is 6.06. The Morgan fingerprint density at radius 2 is 1.94 bits per heavy atom. The number of aliphatic carboxylic acids is 1. The smallest absolute Gasteiger partial charge is 0.320 e. The van der Waals surface area contributed by atoms with Crippen molar-refractivity contribution in [2.24, 2.45) is 5.92 Å². The summed E-state index contributed by atoms with van der Waals surface area (Å²) >= 11 is 0. The van der Waals surface area contributed by atoms with Crippen LogP contribution >= 0.6 is 0 Å². The van der Waals surface area contributed by atoms with Crippen LogP contribution in [0.5, 0.6) is 0 Å². The highest BCUT2D eigenvalue weighted by atomic mass is 16.4. The van der Waals surface area contributed by atoms with Gasteiger partial charge in [-0.3, -0.25) is 4.79 Å². The maximum atomic E-state index is 12.2. The predicted molar refractivity (Wildman–Crippen MR) is 68.5 cm³/mol. The minimum atomic E-state index is -0.816. The molecule has 1 atom stereocenters. The van der Waals surface area contributed by atoms with E-state index >= 15 is 0 Å². The number of carbonyl (C=O) groups is 2. The van der Waals surface area contributed by atoms with Gasteiger partial charge in [-0.1, -0.05) is 0 Å². The van der Waals surface area contributed by atoms with Gasteiger partial charge >= 0.3 is 12.0 Å². The first-order valence-corrected chi connectivity index (χ1v) is 6.29. The average molecular weight is 257 g/mol. The number of amides is 2. The van der Waals surface area contributed by atoms with Crippen LogP contribution < -0.4 is 0 Å². The van der Waals surface area contributed by atoms with Gasteiger partial charge in [-0.05, 0) is 27.9 Å². The number of hydrogen-bond donors (Lipinski definition) is 1. The Labute approximate surface area is 108 Å². The second-order valence-corrected chi connectivity index (χ2v) is 5.12. The molecule has 1 N–H and O–H groups in total. The summed E-state index contributed by atoms with van der Waals surface area (Å²) < 4.78 is 0. The summed E-state index contributed by atoms with van der Waals surface area (Å²) in [5, 5.41) is 8.80. The number of carboxylic acid groups (broad SMARTS) is 1. The Morgan fingerprint density at radius 1 is 1.39 bits per heavy atom. The Balaban J connectivity index is 2.51. The Hall–Kier alpha value is -1.30. The third-order valence-corrected chi connectivity index (χ3v) is 3.25. The third kappa shape index (κ3) is 3.35. The van der Waals surface area contributed by atoms with Gasteiger partial charge in [0, 0.05) is 32.2 Å². The zero-order chi connectivity index (χ0) is 13.9. The molecule has 0 spiro atoms. The molecule has 0 aromatic heterocycles. The van der Waals surface area contributed by atoms with Crippen LogP contribution in [-0.2, 0) is 4.79 Å². The van der Waals surface area contributed by atoms with Crippen LogP contribution in [0, 0.1) is 5.92 Å². The van der Waals surface area contributed by atoms with E-state index in [1.807, 2.05) is 32.8 Å². The SMILES string of the molecule is CCN(C(=O)N1CC(C(=O)O)C1)C(C)CN(C)C. The lowest BCUT2D eigenvalue weighted by Crippen LogP contribution is -2.59. The van der Waals surface area contributed by atoms with Crippen molar-refractivity contribution in [3.05, 3.63) is 0 Å². The lowest BCUT2D eigenvalue weighted by Gasteiger charge is -2.41. The summed E-state index contributed by atoms with van der Waals surface area (Å²) in [5.74, 6) is -1.21. The Bertz CT molecular complexity index is 314. The van der Waals surface area contributed by atoms with Crippen molar-refractivity contribution in [3.63, 3.8) is 0 Å².